The highest BCUT2D eigenvalue weighted by Gasteiger charge is 2.34. The number of benzene rings is 1. The summed E-state index contributed by atoms with van der Waals surface area (Å²) in [6.07, 6.45) is 7.75. The standard InChI is InChI=1S/C18H16FN5O/c19-14-5-2-1-4-12(14)13-10-22-23-17(13)16-6-3-9-24(16)18(25)15-11-20-7-8-21-15/h1-2,4-5,7-8,10-11,16H,3,6,9H2,(H,22,23)/t16-/m1/s1. The van der Waals surface area contributed by atoms with Gasteiger partial charge in [0.05, 0.1) is 24.1 Å². The number of nitrogens with zero attached hydrogens (tertiary/aromatic N) is 4. The second-order valence-electron chi connectivity index (χ2n) is 5.92. The number of aromatic amines is 1. The van der Waals surface area contributed by atoms with Crippen LogP contribution in [0.5, 0.6) is 0 Å². The average molecular weight is 337 g/mol. The van der Waals surface area contributed by atoms with Crippen molar-refractivity contribution in [3.63, 3.8) is 0 Å². The Labute approximate surface area is 143 Å². The van der Waals surface area contributed by atoms with Crippen molar-refractivity contribution in [1.82, 2.24) is 25.1 Å². The number of likely N-dealkylation sites (tertiary alicyclic amines) is 1. The number of amides is 1. The van der Waals surface area contributed by atoms with Crippen molar-refractivity contribution in [2.24, 2.45) is 0 Å². The Bertz CT molecular complexity index is 895. The second kappa shape index (κ2) is 6.43. The summed E-state index contributed by atoms with van der Waals surface area (Å²) in [6, 6.07) is 6.38. The van der Waals surface area contributed by atoms with Gasteiger partial charge in [-0.15, -0.1) is 0 Å². The van der Waals surface area contributed by atoms with Crippen LogP contribution in [0, 0.1) is 5.82 Å². The van der Waals surface area contributed by atoms with Crippen molar-refractivity contribution < 1.29 is 9.18 Å². The number of hydrogen-bond acceptors (Lipinski definition) is 4. The lowest BCUT2D eigenvalue weighted by molar-refractivity contribution is 0.0727. The molecule has 0 unspecified atom stereocenters. The van der Waals surface area contributed by atoms with E-state index in [9.17, 15) is 9.18 Å². The SMILES string of the molecule is O=C(c1cnccn1)N1CCC[C@@H]1c1[nH]ncc1-c1ccccc1F. The monoisotopic (exact) mass is 337 g/mol. The zero-order chi connectivity index (χ0) is 17.2. The quantitative estimate of drug-likeness (QED) is 0.797. The normalized spacial score (nSPS) is 17.0. The molecule has 1 aliphatic rings. The van der Waals surface area contributed by atoms with Crippen LogP contribution in [0.1, 0.15) is 35.1 Å². The van der Waals surface area contributed by atoms with Gasteiger partial charge in [0, 0.05) is 30.1 Å². The molecule has 1 aromatic carbocycles. The summed E-state index contributed by atoms with van der Waals surface area (Å²) in [6.45, 7) is 0.621. The molecule has 4 rings (SSSR count). The summed E-state index contributed by atoms with van der Waals surface area (Å²) in [5.74, 6) is -0.486. The Balaban J connectivity index is 1.70. The van der Waals surface area contributed by atoms with Crippen LogP contribution in [0.4, 0.5) is 4.39 Å². The topological polar surface area (TPSA) is 74.8 Å². The number of halogens is 1. The van der Waals surface area contributed by atoms with E-state index in [4.69, 9.17) is 0 Å². The maximum Gasteiger partial charge on any atom is 0.274 e. The van der Waals surface area contributed by atoms with Gasteiger partial charge in [0.25, 0.3) is 5.91 Å². The minimum absolute atomic E-state index is 0.176. The predicted octanol–water partition coefficient (Wildman–Crippen LogP) is 2.98. The number of H-pyrrole nitrogens is 1. The van der Waals surface area contributed by atoms with Crippen molar-refractivity contribution in [2.45, 2.75) is 18.9 Å². The molecule has 1 atom stereocenters. The third-order valence-corrected chi connectivity index (χ3v) is 4.46. The lowest BCUT2D eigenvalue weighted by atomic mass is 10.0. The van der Waals surface area contributed by atoms with E-state index in [1.807, 2.05) is 0 Å². The van der Waals surface area contributed by atoms with Crippen LogP contribution in [0.25, 0.3) is 11.1 Å². The fourth-order valence-electron chi connectivity index (χ4n) is 3.31. The van der Waals surface area contributed by atoms with Crippen molar-refractivity contribution in [3.8, 4) is 11.1 Å². The van der Waals surface area contributed by atoms with Crippen LogP contribution in [0.3, 0.4) is 0 Å². The largest absolute Gasteiger partial charge is 0.329 e. The molecule has 3 aromatic rings. The molecule has 6 nitrogen and oxygen atoms in total. The van der Waals surface area contributed by atoms with E-state index in [1.165, 1.54) is 24.7 Å². The average Bonchev–Trinajstić information content (AvgIpc) is 3.31. The van der Waals surface area contributed by atoms with Gasteiger partial charge in [-0.25, -0.2) is 9.37 Å². The molecule has 0 spiro atoms. The number of carbonyl (C=O) groups is 1. The van der Waals surface area contributed by atoms with E-state index < -0.39 is 0 Å². The molecule has 0 radical (unpaired) electrons. The highest BCUT2D eigenvalue weighted by Crippen LogP contribution is 2.37. The first-order chi connectivity index (χ1) is 12.3. The molecular formula is C18H16FN5O. The minimum Gasteiger partial charge on any atom is -0.329 e. The van der Waals surface area contributed by atoms with Gasteiger partial charge in [0.1, 0.15) is 11.5 Å². The Kier molecular flexibility index (Phi) is 3.97. The summed E-state index contributed by atoms with van der Waals surface area (Å²) >= 11 is 0. The fourth-order valence-corrected chi connectivity index (χ4v) is 3.31. The summed E-state index contributed by atoms with van der Waals surface area (Å²) in [7, 11) is 0. The number of aromatic nitrogens is 4. The fraction of sp³-hybridized carbons (Fsp3) is 0.222. The van der Waals surface area contributed by atoms with Crippen LogP contribution in [-0.4, -0.2) is 37.5 Å². The molecule has 7 heteroatoms. The molecule has 1 N–H and O–H groups in total. The maximum atomic E-state index is 14.2. The third kappa shape index (κ3) is 2.77. The molecule has 25 heavy (non-hydrogen) atoms. The van der Waals surface area contributed by atoms with Crippen LogP contribution >= 0.6 is 0 Å². The molecule has 0 saturated carbocycles. The van der Waals surface area contributed by atoms with E-state index in [0.29, 0.717) is 23.4 Å². The van der Waals surface area contributed by atoms with Crippen LogP contribution in [0.2, 0.25) is 0 Å². The lowest BCUT2D eigenvalue weighted by Gasteiger charge is -2.24. The Morgan fingerprint density at radius 1 is 1.20 bits per heavy atom. The number of rotatable bonds is 3. The van der Waals surface area contributed by atoms with E-state index in [-0.39, 0.29) is 17.8 Å². The van der Waals surface area contributed by atoms with Gasteiger partial charge in [-0.05, 0) is 18.9 Å². The summed E-state index contributed by atoms with van der Waals surface area (Å²) in [4.78, 5) is 22.6. The van der Waals surface area contributed by atoms with Crippen molar-refractivity contribution in [2.75, 3.05) is 6.54 Å². The lowest BCUT2D eigenvalue weighted by Crippen LogP contribution is -2.31. The van der Waals surface area contributed by atoms with Gasteiger partial charge in [-0.2, -0.15) is 5.10 Å². The van der Waals surface area contributed by atoms with E-state index in [2.05, 4.69) is 20.2 Å². The van der Waals surface area contributed by atoms with Gasteiger partial charge >= 0.3 is 0 Å². The zero-order valence-electron chi connectivity index (χ0n) is 13.4. The maximum absolute atomic E-state index is 14.2. The van der Waals surface area contributed by atoms with E-state index in [0.717, 1.165) is 18.5 Å². The first-order valence-corrected chi connectivity index (χ1v) is 8.11. The highest BCUT2D eigenvalue weighted by molar-refractivity contribution is 5.92. The molecule has 1 fully saturated rings. The third-order valence-electron chi connectivity index (χ3n) is 4.46. The van der Waals surface area contributed by atoms with Crippen LogP contribution < -0.4 is 0 Å². The smallest absolute Gasteiger partial charge is 0.274 e. The van der Waals surface area contributed by atoms with Crippen LogP contribution in [-0.2, 0) is 0 Å². The molecule has 1 amide bonds. The van der Waals surface area contributed by atoms with Gasteiger partial charge in [-0.1, -0.05) is 18.2 Å². The van der Waals surface area contributed by atoms with Crippen molar-refractivity contribution >= 4 is 5.91 Å². The molecule has 2 aromatic heterocycles. The minimum atomic E-state index is -0.310. The van der Waals surface area contributed by atoms with Gasteiger partial charge < -0.3 is 4.90 Å². The van der Waals surface area contributed by atoms with E-state index in [1.54, 1.807) is 29.3 Å². The Morgan fingerprint density at radius 2 is 2.08 bits per heavy atom. The van der Waals surface area contributed by atoms with Crippen molar-refractivity contribution in [1.29, 1.82) is 0 Å². The van der Waals surface area contributed by atoms with Crippen LogP contribution in [0.15, 0.2) is 49.1 Å². The molecule has 3 heterocycles. The molecule has 126 valence electrons. The number of carbonyl (C=O) groups excluding carboxylic acids is 1. The Morgan fingerprint density at radius 3 is 2.88 bits per heavy atom. The molecular weight excluding hydrogens is 321 g/mol. The zero-order valence-corrected chi connectivity index (χ0v) is 13.4. The molecule has 1 aliphatic heterocycles. The molecule has 0 bridgehead atoms. The number of hydrogen-bond donors (Lipinski definition) is 1. The first-order valence-electron chi connectivity index (χ1n) is 8.11. The second-order valence-corrected chi connectivity index (χ2v) is 5.92. The van der Waals surface area contributed by atoms with Gasteiger partial charge in [0.2, 0.25) is 0 Å². The summed E-state index contributed by atoms with van der Waals surface area (Å²) < 4.78 is 14.2. The molecule has 1 saturated heterocycles. The number of nitrogens with one attached hydrogen (secondary N) is 1. The first kappa shape index (κ1) is 15.4. The van der Waals surface area contributed by atoms with E-state index >= 15 is 0 Å². The summed E-state index contributed by atoms with van der Waals surface area (Å²) in [5.41, 5.74) is 2.22. The Hall–Kier alpha value is -3.09. The predicted molar refractivity (Wildman–Crippen MR) is 89.0 cm³/mol. The van der Waals surface area contributed by atoms with Gasteiger partial charge in [-0.3, -0.25) is 14.9 Å². The summed E-state index contributed by atoms with van der Waals surface area (Å²) in [5, 5.41) is 7.06. The van der Waals surface area contributed by atoms with Crippen molar-refractivity contribution in [3.05, 3.63) is 66.3 Å². The highest BCUT2D eigenvalue weighted by atomic mass is 19.1. The molecule has 0 aliphatic carbocycles. The van der Waals surface area contributed by atoms with Gasteiger partial charge in [0.15, 0.2) is 0 Å².